The normalized spacial score (nSPS) is 10.5. The van der Waals surface area contributed by atoms with Gasteiger partial charge in [0.1, 0.15) is 12.1 Å². The molecule has 110 valence electrons. The third-order valence-corrected chi connectivity index (χ3v) is 3.15. The topological polar surface area (TPSA) is 72.7 Å². The van der Waals surface area contributed by atoms with Gasteiger partial charge in [0.25, 0.3) is 5.91 Å². The van der Waals surface area contributed by atoms with Crippen LogP contribution in [0.25, 0.3) is 5.69 Å². The van der Waals surface area contributed by atoms with E-state index in [1.807, 2.05) is 0 Å². The van der Waals surface area contributed by atoms with Gasteiger partial charge in [0.05, 0.1) is 5.69 Å². The van der Waals surface area contributed by atoms with Gasteiger partial charge in [-0.05, 0) is 53.2 Å². The Bertz CT molecular complexity index is 817. The van der Waals surface area contributed by atoms with Crippen molar-refractivity contribution in [1.29, 1.82) is 0 Å². The molecule has 1 amide bonds. The number of carbonyl (C=O) groups excluding carboxylic acids is 1. The molecule has 0 aliphatic heterocycles. The fraction of sp³-hybridized carbons (Fsp3) is 0.0667. The summed E-state index contributed by atoms with van der Waals surface area (Å²) in [6, 6.07) is 11.4. The van der Waals surface area contributed by atoms with Crippen LogP contribution in [-0.4, -0.2) is 26.1 Å². The number of aromatic nitrogens is 4. The molecule has 0 saturated heterocycles. The van der Waals surface area contributed by atoms with Gasteiger partial charge in [-0.3, -0.25) is 4.79 Å². The Morgan fingerprint density at radius 1 is 1.23 bits per heavy atom. The number of aryl methyl sites for hydroxylation is 1. The predicted octanol–water partition coefficient (Wildman–Crippen LogP) is 2.36. The number of rotatable bonds is 3. The second kappa shape index (κ2) is 5.72. The van der Waals surface area contributed by atoms with E-state index in [4.69, 9.17) is 0 Å². The van der Waals surface area contributed by atoms with E-state index < -0.39 is 5.82 Å². The minimum absolute atomic E-state index is 0.260. The summed E-state index contributed by atoms with van der Waals surface area (Å²) in [4.78, 5) is 12.2. The van der Waals surface area contributed by atoms with Crippen LogP contribution in [0.3, 0.4) is 0 Å². The van der Waals surface area contributed by atoms with E-state index in [1.54, 1.807) is 43.3 Å². The second-order valence-electron chi connectivity index (χ2n) is 4.72. The minimum atomic E-state index is -0.407. The molecule has 3 aromatic rings. The summed E-state index contributed by atoms with van der Waals surface area (Å²) >= 11 is 0. The lowest BCUT2D eigenvalue weighted by molar-refractivity contribution is 0.102. The van der Waals surface area contributed by atoms with Crippen molar-refractivity contribution in [3.8, 4) is 5.69 Å². The molecular formula is C15H12FN5O. The molecule has 22 heavy (non-hydrogen) atoms. The first-order valence-electron chi connectivity index (χ1n) is 6.54. The first-order chi connectivity index (χ1) is 10.6. The summed E-state index contributed by atoms with van der Waals surface area (Å²) < 4.78 is 15.0. The molecular weight excluding hydrogens is 285 g/mol. The lowest BCUT2D eigenvalue weighted by Crippen LogP contribution is -2.12. The van der Waals surface area contributed by atoms with Gasteiger partial charge in [-0.2, -0.15) is 0 Å². The molecule has 0 fully saturated rings. The highest BCUT2D eigenvalue weighted by atomic mass is 19.1. The summed E-state index contributed by atoms with van der Waals surface area (Å²) in [6.07, 6.45) is 1.45. The first-order valence-corrected chi connectivity index (χ1v) is 6.54. The Labute approximate surface area is 125 Å². The van der Waals surface area contributed by atoms with Crippen LogP contribution >= 0.6 is 0 Å². The van der Waals surface area contributed by atoms with Crippen LogP contribution in [0.15, 0.2) is 48.8 Å². The highest BCUT2D eigenvalue weighted by molar-refractivity contribution is 6.04. The van der Waals surface area contributed by atoms with Crippen molar-refractivity contribution in [3.05, 3.63) is 65.7 Å². The SMILES string of the molecule is Cc1ccc(C(=O)Nc2cccc(-n3cnnn3)c2)cc1F. The Morgan fingerprint density at radius 3 is 2.82 bits per heavy atom. The maximum atomic E-state index is 13.5. The molecule has 0 unspecified atom stereocenters. The van der Waals surface area contributed by atoms with E-state index in [1.165, 1.54) is 17.1 Å². The van der Waals surface area contributed by atoms with E-state index in [9.17, 15) is 9.18 Å². The lowest BCUT2D eigenvalue weighted by Gasteiger charge is -2.07. The number of hydrogen-bond acceptors (Lipinski definition) is 4. The minimum Gasteiger partial charge on any atom is -0.322 e. The first kappa shape index (κ1) is 13.9. The van der Waals surface area contributed by atoms with E-state index in [2.05, 4.69) is 20.8 Å². The monoisotopic (exact) mass is 297 g/mol. The van der Waals surface area contributed by atoms with Crippen molar-refractivity contribution >= 4 is 11.6 Å². The second-order valence-corrected chi connectivity index (χ2v) is 4.72. The highest BCUT2D eigenvalue weighted by Gasteiger charge is 2.09. The Balaban J connectivity index is 1.82. The van der Waals surface area contributed by atoms with Crippen LogP contribution in [0, 0.1) is 12.7 Å². The van der Waals surface area contributed by atoms with Gasteiger partial charge in [-0.25, -0.2) is 9.07 Å². The Kier molecular flexibility index (Phi) is 3.61. The number of halogens is 1. The fourth-order valence-corrected chi connectivity index (χ4v) is 1.94. The summed E-state index contributed by atoms with van der Waals surface area (Å²) in [7, 11) is 0. The van der Waals surface area contributed by atoms with Crippen molar-refractivity contribution in [2.24, 2.45) is 0 Å². The molecule has 1 aromatic heterocycles. The Hall–Kier alpha value is -3.09. The molecule has 6 nitrogen and oxygen atoms in total. The summed E-state index contributed by atoms with van der Waals surface area (Å²) in [5.41, 5.74) is 2.03. The standard InChI is InChI=1S/C15H12FN5O/c1-10-5-6-11(7-14(10)16)15(22)18-12-3-2-4-13(8-12)21-9-17-19-20-21/h2-9H,1H3,(H,18,22). The molecule has 0 saturated carbocycles. The largest absolute Gasteiger partial charge is 0.322 e. The molecule has 3 rings (SSSR count). The summed E-state index contributed by atoms with van der Waals surface area (Å²) in [5, 5.41) is 13.6. The third-order valence-electron chi connectivity index (χ3n) is 3.15. The van der Waals surface area contributed by atoms with Gasteiger partial charge in [0, 0.05) is 11.3 Å². The average Bonchev–Trinajstić information content (AvgIpc) is 3.04. The van der Waals surface area contributed by atoms with Crippen LogP contribution in [0.5, 0.6) is 0 Å². The third kappa shape index (κ3) is 2.83. The number of anilines is 1. The molecule has 0 spiro atoms. The van der Waals surface area contributed by atoms with Crippen molar-refractivity contribution < 1.29 is 9.18 Å². The van der Waals surface area contributed by atoms with Crippen LogP contribution in [-0.2, 0) is 0 Å². The van der Waals surface area contributed by atoms with Crippen LogP contribution in [0.2, 0.25) is 0 Å². The van der Waals surface area contributed by atoms with Gasteiger partial charge in [-0.15, -0.1) is 5.10 Å². The number of tetrazole rings is 1. The number of hydrogen-bond donors (Lipinski definition) is 1. The molecule has 7 heteroatoms. The van der Waals surface area contributed by atoms with Crippen LogP contribution < -0.4 is 5.32 Å². The number of nitrogens with zero attached hydrogens (tertiary/aromatic N) is 4. The summed E-state index contributed by atoms with van der Waals surface area (Å²) in [5.74, 6) is -0.789. The predicted molar refractivity (Wildman–Crippen MR) is 78.2 cm³/mol. The molecule has 1 heterocycles. The number of carbonyl (C=O) groups is 1. The fourth-order valence-electron chi connectivity index (χ4n) is 1.94. The van der Waals surface area contributed by atoms with Crippen LogP contribution in [0.1, 0.15) is 15.9 Å². The van der Waals surface area contributed by atoms with Crippen molar-refractivity contribution in [2.75, 3.05) is 5.32 Å². The van der Waals surface area contributed by atoms with Gasteiger partial charge >= 0.3 is 0 Å². The van der Waals surface area contributed by atoms with E-state index in [0.717, 1.165) is 0 Å². The molecule has 0 bridgehead atoms. The zero-order chi connectivity index (χ0) is 15.5. The molecule has 0 radical (unpaired) electrons. The van der Waals surface area contributed by atoms with Gasteiger partial charge in [-0.1, -0.05) is 12.1 Å². The maximum Gasteiger partial charge on any atom is 0.255 e. The highest BCUT2D eigenvalue weighted by Crippen LogP contribution is 2.15. The van der Waals surface area contributed by atoms with E-state index >= 15 is 0 Å². The number of benzene rings is 2. The van der Waals surface area contributed by atoms with Crippen molar-refractivity contribution in [1.82, 2.24) is 20.2 Å². The summed E-state index contributed by atoms with van der Waals surface area (Å²) in [6.45, 7) is 1.65. The molecule has 2 aromatic carbocycles. The van der Waals surface area contributed by atoms with Crippen molar-refractivity contribution in [2.45, 2.75) is 6.92 Å². The zero-order valence-corrected chi connectivity index (χ0v) is 11.7. The molecule has 1 N–H and O–H groups in total. The van der Waals surface area contributed by atoms with E-state index in [-0.39, 0.29) is 11.5 Å². The number of nitrogens with one attached hydrogen (secondary N) is 1. The maximum absolute atomic E-state index is 13.5. The van der Waals surface area contributed by atoms with Crippen LogP contribution in [0.4, 0.5) is 10.1 Å². The zero-order valence-electron chi connectivity index (χ0n) is 11.7. The van der Waals surface area contributed by atoms with Gasteiger partial charge in [0.15, 0.2) is 0 Å². The number of amides is 1. The Morgan fingerprint density at radius 2 is 2.09 bits per heavy atom. The smallest absolute Gasteiger partial charge is 0.255 e. The van der Waals surface area contributed by atoms with Crippen molar-refractivity contribution in [3.63, 3.8) is 0 Å². The lowest BCUT2D eigenvalue weighted by atomic mass is 10.1. The molecule has 0 aliphatic rings. The molecule has 0 aliphatic carbocycles. The van der Waals surface area contributed by atoms with E-state index in [0.29, 0.717) is 16.9 Å². The molecule has 0 atom stereocenters. The van der Waals surface area contributed by atoms with Gasteiger partial charge in [0.2, 0.25) is 0 Å². The average molecular weight is 297 g/mol. The van der Waals surface area contributed by atoms with Gasteiger partial charge < -0.3 is 5.32 Å². The quantitative estimate of drug-likeness (QED) is 0.805.